The third-order valence-electron chi connectivity index (χ3n) is 5.46. The summed E-state index contributed by atoms with van der Waals surface area (Å²) < 4.78 is 5.22. The second-order valence-corrected chi connectivity index (χ2v) is 7.21. The minimum absolute atomic E-state index is 0.0813. The van der Waals surface area contributed by atoms with Crippen molar-refractivity contribution in [3.8, 4) is 17.0 Å². The van der Waals surface area contributed by atoms with Gasteiger partial charge < -0.3 is 14.7 Å². The summed E-state index contributed by atoms with van der Waals surface area (Å²) in [7, 11) is 1.62. The number of carboxylic acid groups (broad SMARTS) is 1. The number of rotatable bonds is 4. The van der Waals surface area contributed by atoms with Gasteiger partial charge in [0.25, 0.3) is 5.91 Å². The molecule has 0 spiro atoms. The van der Waals surface area contributed by atoms with Crippen molar-refractivity contribution in [2.75, 3.05) is 20.2 Å². The van der Waals surface area contributed by atoms with Crippen LogP contribution in [0.3, 0.4) is 0 Å². The highest BCUT2D eigenvalue weighted by Gasteiger charge is 2.28. The third-order valence-corrected chi connectivity index (χ3v) is 5.46. The van der Waals surface area contributed by atoms with Gasteiger partial charge in [-0.05, 0) is 49.2 Å². The fourth-order valence-electron chi connectivity index (χ4n) is 3.76. The Labute approximate surface area is 168 Å². The first-order valence-electron chi connectivity index (χ1n) is 9.63. The number of carbonyl (C=O) groups excluding carboxylic acids is 1. The van der Waals surface area contributed by atoms with Crippen molar-refractivity contribution < 1.29 is 19.4 Å². The molecule has 0 atom stereocenters. The Morgan fingerprint density at radius 3 is 2.41 bits per heavy atom. The molecule has 1 amide bonds. The number of ether oxygens (including phenoxy) is 1. The molecule has 4 rings (SSSR count). The molecule has 6 heteroatoms. The monoisotopic (exact) mass is 390 g/mol. The highest BCUT2D eigenvalue weighted by atomic mass is 16.5. The van der Waals surface area contributed by atoms with Crippen LogP contribution in [0.2, 0.25) is 0 Å². The maximum absolute atomic E-state index is 13.3. The topological polar surface area (TPSA) is 79.7 Å². The summed E-state index contributed by atoms with van der Waals surface area (Å²) in [6.45, 7) is 0.897. The van der Waals surface area contributed by atoms with Gasteiger partial charge in [-0.2, -0.15) is 0 Å². The lowest BCUT2D eigenvalue weighted by molar-refractivity contribution is -0.143. The lowest BCUT2D eigenvalue weighted by Gasteiger charge is -2.30. The van der Waals surface area contributed by atoms with Crippen molar-refractivity contribution in [3.63, 3.8) is 0 Å². The van der Waals surface area contributed by atoms with E-state index in [1.807, 2.05) is 54.6 Å². The molecule has 1 aliphatic heterocycles. The van der Waals surface area contributed by atoms with Gasteiger partial charge in [0.2, 0.25) is 0 Å². The van der Waals surface area contributed by atoms with E-state index in [2.05, 4.69) is 0 Å². The van der Waals surface area contributed by atoms with E-state index < -0.39 is 5.97 Å². The number of nitrogens with zero attached hydrogens (tertiary/aromatic N) is 2. The van der Waals surface area contributed by atoms with Gasteiger partial charge in [0.05, 0.1) is 29.8 Å². The summed E-state index contributed by atoms with van der Waals surface area (Å²) in [6, 6.07) is 17.0. The number of amides is 1. The Balaban J connectivity index is 1.71. The molecule has 0 radical (unpaired) electrons. The predicted octanol–water partition coefficient (Wildman–Crippen LogP) is 3.85. The van der Waals surface area contributed by atoms with Crippen LogP contribution in [0.4, 0.5) is 0 Å². The Morgan fingerprint density at radius 1 is 1.07 bits per heavy atom. The molecule has 1 aromatic heterocycles. The first-order valence-corrected chi connectivity index (χ1v) is 9.63. The quantitative estimate of drug-likeness (QED) is 0.732. The average molecular weight is 390 g/mol. The van der Waals surface area contributed by atoms with Crippen LogP contribution in [0.15, 0.2) is 54.6 Å². The molecule has 1 fully saturated rings. The Hall–Kier alpha value is -3.41. The number of aromatic nitrogens is 1. The van der Waals surface area contributed by atoms with E-state index >= 15 is 0 Å². The second kappa shape index (κ2) is 7.91. The fraction of sp³-hybridized carbons (Fsp3) is 0.261. The number of hydrogen-bond acceptors (Lipinski definition) is 4. The highest BCUT2D eigenvalue weighted by molar-refractivity contribution is 6.07. The summed E-state index contributed by atoms with van der Waals surface area (Å²) in [4.78, 5) is 31.0. The lowest BCUT2D eigenvalue weighted by atomic mass is 9.96. The van der Waals surface area contributed by atoms with Crippen molar-refractivity contribution in [1.82, 2.24) is 9.88 Å². The minimum Gasteiger partial charge on any atom is -0.497 e. The van der Waals surface area contributed by atoms with Gasteiger partial charge in [-0.15, -0.1) is 0 Å². The first-order chi connectivity index (χ1) is 14.1. The van der Waals surface area contributed by atoms with Crippen molar-refractivity contribution >= 4 is 22.8 Å². The molecule has 6 nitrogen and oxygen atoms in total. The molecule has 1 N–H and O–H groups in total. The van der Waals surface area contributed by atoms with Gasteiger partial charge in [-0.25, -0.2) is 4.98 Å². The van der Waals surface area contributed by atoms with Crippen molar-refractivity contribution in [1.29, 1.82) is 0 Å². The number of carboxylic acids is 1. The maximum Gasteiger partial charge on any atom is 0.306 e. The van der Waals surface area contributed by atoms with Crippen molar-refractivity contribution in [2.24, 2.45) is 5.92 Å². The largest absolute Gasteiger partial charge is 0.497 e. The lowest BCUT2D eigenvalue weighted by Crippen LogP contribution is -2.40. The van der Waals surface area contributed by atoms with Crippen LogP contribution in [-0.2, 0) is 4.79 Å². The number of likely N-dealkylation sites (tertiary alicyclic amines) is 1. The average Bonchev–Trinajstić information content (AvgIpc) is 2.78. The Kier molecular flexibility index (Phi) is 5.16. The molecule has 2 heterocycles. The van der Waals surface area contributed by atoms with Crippen LogP contribution in [0, 0.1) is 5.92 Å². The van der Waals surface area contributed by atoms with Crippen LogP contribution >= 0.6 is 0 Å². The number of aliphatic carboxylic acids is 1. The Bertz CT molecular complexity index is 1050. The number of pyridine rings is 1. The molecule has 0 aliphatic carbocycles. The first kappa shape index (κ1) is 18.9. The summed E-state index contributed by atoms with van der Waals surface area (Å²) in [5, 5.41) is 10.0. The second-order valence-electron chi connectivity index (χ2n) is 7.21. The molecular formula is C23H22N2O4. The highest BCUT2D eigenvalue weighted by Crippen LogP contribution is 2.28. The number of benzene rings is 2. The zero-order valence-electron chi connectivity index (χ0n) is 16.2. The van der Waals surface area contributed by atoms with Gasteiger partial charge in [0, 0.05) is 24.0 Å². The number of hydrogen-bond donors (Lipinski definition) is 1. The summed E-state index contributed by atoms with van der Waals surface area (Å²) in [5.74, 6) is -0.481. The van der Waals surface area contributed by atoms with Crippen LogP contribution in [-0.4, -0.2) is 47.1 Å². The third kappa shape index (κ3) is 3.78. The van der Waals surface area contributed by atoms with E-state index in [4.69, 9.17) is 9.72 Å². The van der Waals surface area contributed by atoms with E-state index in [1.165, 1.54) is 0 Å². The molecule has 1 aliphatic rings. The number of fused-ring (bicyclic) bond motifs is 1. The van der Waals surface area contributed by atoms with Gasteiger partial charge in [0.15, 0.2) is 0 Å². The van der Waals surface area contributed by atoms with Gasteiger partial charge in [-0.3, -0.25) is 9.59 Å². The summed E-state index contributed by atoms with van der Waals surface area (Å²) in [6.07, 6.45) is 0.963. The minimum atomic E-state index is -0.784. The van der Waals surface area contributed by atoms with Crippen LogP contribution < -0.4 is 4.74 Å². The van der Waals surface area contributed by atoms with Gasteiger partial charge in [-0.1, -0.05) is 18.2 Å². The predicted molar refractivity (Wildman–Crippen MR) is 110 cm³/mol. The number of para-hydroxylation sites is 1. The number of methoxy groups -OCH3 is 1. The van der Waals surface area contributed by atoms with Crippen LogP contribution in [0.1, 0.15) is 23.2 Å². The van der Waals surface area contributed by atoms with E-state index in [0.717, 1.165) is 27.9 Å². The van der Waals surface area contributed by atoms with E-state index in [-0.39, 0.29) is 11.8 Å². The zero-order chi connectivity index (χ0) is 20.4. The number of piperidine rings is 1. The van der Waals surface area contributed by atoms with Crippen molar-refractivity contribution in [3.05, 3.63) is 60.2 Å². The zero-order valence-corrected chi connectivity index (χ0v) is 16.2. The van der Waals surface area contributed by atoms with Crippen molar-refractivity contribution in [2.45, 2.75) is 12.8 Å². The smallest absolute Gasteiger partial charge is 0.306 e. The molecule has 3 aromatic rings. The fourth-order valence-corrected chi connectivity index (χ4v) is 3.76. The number of carbonyl (C=O) groups is 2. The molecule has 148 valence electrons. The van der Waals surface area contributed by atoms with Crippen LogP contribution in [0.25, 0.3) is 22.2 Å². The van der Waals surface area contributed by atoms with Crippen LogP contribution in [0.5, 0.6) is 5.75 Å². The van der Waals surface area contributed by atoms with E-state index in [1.54, 1.807) is 12.0 Å². The maximum atomic E-state index is 13.3. The molecular weight excluding hydrogens is 368 g/mol. The summed E-state index contributed by atoms with van der Waals surface area (Å²) >= 11 is 0. The molecule has 1 saturated heterocycles. The van der Waals surface area contributed by atoms with Gasteiger partial charge >= 0.3 is 5.97 Å². The van der Waals surface area contributed by atoms with E-state index in [9.17, 15) is 14.7 Å². The molecule has 0 saturated carbocycles. The Morgan fingerprint density at radius 2 is 1.76 bits per heavy atom. The molecule has 0 unspecified atom stereocenters. The molecule has 0 bridgehead atoms. The molecule has 2 aromatic carbocycles. The SMILES string of the molecule is COc1ccc(-c2cc(C(=O)N3CCC(C(=O)O)CC3)c3ccccc3n2)cc1. The van der Waals surface area contributed by atoms with Gasteiger partial charge in [0.1, 0.15) is 5.75 Å². The summed E-state index contributed by atoms with van der Waals surface area (Å²) in [5.41, 5.74) is 2.96. The van der Waals surface area contributed by atoms with E-state index in [0.29, 0.717) is 31.5 Å². The normalized spacial score (nSPS) is 14.7. The molecule has 29 heavy (non-hydrogen) atoms. The standard InChI is InChI=1S/C23H22N2O4/c1-29-17-8-6-15(7-9-17)21-14-19(18-4-2-3-5-20(18)24-21)22(26)25-12-10-16(11-13-25)23(27)28/h2-9,14,16H,10-13H2,1H3,(H,27,28).